The van der Waals surface area contributed by atoms with Gasteiger partial charge >= 0.3 is 0 Å². The SMILES string of the molecule is O=C(CN1CCCCc2ccccc21)c1ccc(Cl)s1. The fraction of sp³-hybridized carbons (Fsp3) is 0.312. The van der Waals surface area contributed by atoms with Crippen LogP contribution in [-0.2, 0) is 6.42 Å². The first-order chi connectivity index (χ1) is 9.74. The molecule has 4 heteroatoms. The molecule has 20 heavy (non-hydrogen) atoms. The number of hydrogen-bond acceptors (Lipinski definition) is 3. The van der Waals surface area contributed by atoms with Crippen LogP contribution in [0.4, 0.5) is 5.69 Å². The van der Waals surface area contributed by atoms with E-state index >= 15 is 0 Å². The van der Waals surface area contributed by atoms with Gasteiger partial charge in [-0.15, -0.1) is 11.3 Å². The number of nitrogens with zero attached hydrogens (tertiary/aromatic N) is 1. The molecule has 0 amide bonds. The number of hydrogen-bond donors (Lipinski definition) is 0. The number of ketones is 1. The Labute approximate surface area is 128 Å². The number of benzene rings is 1. The van der Waals surface area contributed by atoms with E-state index in [-0.39, 0.29) is 5.78 Å². The van der Waals surface area contributed by atoms with E-state index < -0.39 is 0 Å². The molecular weight excluding hydrogens is 290 g/mol. The van der Waals surface area contributed by atoms with Crippen molar-refractivity contribution in [3.8, 4) is 0 Å². The van der Waals surface area contributed by atoms with E-state index in [1.165, 1.54) is 29.0 Å². The molecule has 1 aliphatic heterocycles. The minimum absolute atomic E-state index is 0.151. The van der Waals surface area contributed by atoms with E-state index in [1.807, 2.05) is 12.1 Å². The molecule has 0 radical (unpaired) electrons. The smallest absolute Gasteiger partial charge is 0.192 e. The zero-order valence-corrected chi connectivity index (χ0v) is 12.7. The van der Waals surface area contributed by atoms with Crippen molar-refractivity contribution in [2.24, 2.45) is 0 Å². The second-order valence-corrected chi connectivity index (χ2v) is 6.75. The van der Waals surface area contributed by atoms with Gasteiger partial charge in [-0.1, -0.05) is 29.8 Å². The summed E-state index contributed by atoms with van der Waals surface area (Å²) in [5, 5.41) is 0. The van der Waals surface area contributed by atoms with Gasteiger partial charge < -0.3 is 4.90 Å². The van der Waals surface area contributed by atoms with Gasteiger partial charge in [0, 0.05) is 12.2 Å². The Hall–Kier alpha value is -1.32. The predicted octanol–water partition coefficient (Wildman–Crippen LogP) is 4.43. The van der Waals surface area contributed by atoms with Crippen LogP contribution in [0.25, 0.3) is 0 Å². The molecule has 1 aromatic heterocycles. The highest BCUT2D eigenvalue weighted by molar-refractivity contribution is 7.18. The lowest BCUT2D eigenvalue weighted by molar-refractivity contribution is 0.100. The van der Waals surface area contributed by atoms with Gasteiger partial charge in [-0.05, 0) is 43.0 Å². The standard InChI is InChI=1S/C16H16ClNOS/c17-16-9-8-15(20-16)14(19)11-18-10-4-3-6-12-5-1-2-7-13(12)18/h1-2,5,7-9H,3-4,6,10-11H2. The van der Waals surface area contributed by atoms with Crippen LogP contribution in [0.15, 0.2) is 36.4 Å². The monoisotopic (exact) mass is 305 g/mol. The molecule has 0 bridgehead atoms. The molecule has 1 aliphatic rings. The minimum atomic E-state index is 0.151. The number of fused-ring (bicyclic) bond motifs is 1. The van der Waals surface area contributed by atoms with E-state index in [2.05, 4.69) is 23.1 Å². The zero-order valence-electron chi connectivity index (χ0n) is 11.1. The molecule has 2 aromatic rings. The fourth-order valence-corrected chi connectivity index (χ4v) is 3.62. The molecule has 1 aromatic carbocycles. The Morgan fingerprint density at radius 2 is 2.05 bits per heavy atom. The number of carbonyl (C=O) groups excluding carboxylic acids is 1. The van der Waals surface area contributed by atoms with Gasteiger partial charge in [0.05, 0.1) is 15.8 Å². The van der Waals surface area contributed by atoms with E-state index in [4.69, 9.17) is 11.6 Å². The molecule has 0 saturated heterocycles. The first-order valence-corrected chi connectivity index (χ1v) is 8.05. The second-order valence-electron chi connectivity index (χ2n) is 5.03. The maximum absolute atomic E-state index is 12.4. The Kier molecular flexibility index (Phi) is 4.08. The molecule has 0 unspecified atom stereocenters. The topological polar surface area (TPSA) is 20.3 Å². The van der Waals surface area contributed by atoms with Gasteiger partial charge in [0.15, 0.2) is 5.78 Å². The van der Waals surface area contributed by atoms with Crippen molar-refractivity contribution in [3.63, 3.8) is 0 Å². The highest BCUT2D eigenvalue weighted by Gasteiger charge is 2.19. The third-order valence-corrected chi connectivity index (χ3v) is 4.91. The van der Waals surface area contributed by atoms with Gasteiger partial charge in [0.2, 0.25) is 0 Å². The van der Waals surface area contributed by atoms with Gasteiger partial charge in [-0.2, -0.15) is 0 Å². The first kappa shape index (κ1) is 13.7. The Balaban J connectivity index is 1.82. The minimum Gasteiger partial charge on any atom is -0.364 e. The van der Waals surface area contributed by atoms with Crippen LogP contribution in [0.5, 0.6) is 0 Å². The molecule has 2 heterocycles. The lowest BCUT2D eigenvalue weighted by atomic mass is 10.1. The Morgan fingerprint density at radius 1 is 1.20 bits per heavy atom. The molecule has 0 spiro atoms. The molecule has 0 fully saturated rings. The maximum atomic E-state index is 12.4. The number of anilines is 1. The maximum Gasteiger partial charge on any atom is 0.192 e. The Morgan fingerprint density at radius 3 is 2.85 bits per heavy atom. The summed E-state index contributed by atoms with van der Waals surface area (Å²) < 4.78 is 0.671. The molecule has 0 saturated carbocycles. The number of Topliss-reactive ketones (excluding diaryl/α,β-unsaturated/α-hetero) is 1. The molecule has 0 atom stereocenters. The van der Waals surface area contributed by atoms with Crippen molar-refractivity contribution < 1.29 is 4.79 Å². The third-order valence-electron chi connectivity index (χ3n) is 3.64. The van der Waals surface area contributed by atoms with E-state index in [0.717, 1.165) is 24.3 Å². The molecule has 2 nitrogen and oxygen atoms in total. The predicted molar refractivity (Wildman–Crippen MR) is 85.3 cm³/mol. The zero-order chi connectivity index (χ0) is 13.9. The van der Waals surface area contributed by atoms with Crippen LogP contribution >= 0.6 is 22.9 Å². The number of para-hydroxylation sites is 1. The molecule has 0 aliphatic carbocycles. The second kappa shape index (κ2) is 5.98. The van der Waals surface area contributed by atoms with Crippen molar-refractivity contribution in [2.45, 2.75) is 19.3 Å². The van der Waals surface area contributed by atoms with Gasteiger partial charge in [0.25, 0.3) is 0 Å². The third kappa shape index (κ3) is 2.89. The van der Waals surface area contributed by atoms with Crippen LogP contribution in [0.3, 0.4) is 0 Å². The van der Waals surface area contributed by atoms with E-state index in [1.54, 1.807) is 6.07 Å². The summed E-state index contributed by atoms with van der Waals surface area (Å²) in [6, 6.07) is 12.0. The average molecular weight is 306 g/mol. The lowest BCUT2D eigenvalue weighted by Gasteiger charge is -2.23. The van der Waals surface area contributed by atoms with Gasteiger partial charge in [0.1, 0.15) is 0 Å². The van der Waals surface area contributed by atoms with Crippen molar-refractivity contribution in [2.75, 3.05) is 18.0 Å². The van der Waals surface area contributed by atoms with Crippen molar-refractivity contribution in [1.29, 1.82) is 0 Å². The first-order valence-electron chi connectivity index (χ1n) is 6.85. The number of aryl methyl sites for hydroxylation is 1. The lowest BCUT2D eigenvalue weighted by Crippen LogP contribution is -2.30. The number of carbonyl (C=O) groups is 1. The summed E-state index contributed by atoms with van der Waals surface area (Å²) in [4.78, 5) is 15.3. The molecule has 3 rings (SSSR count). The Bertz CT molecular complexity index is 622. The number of rotatable bonds is 3. The van der Waals surface area contributed by atoms with Crippen LogP contribution < -0.4 is 4.90 Å². The number of halogens is 1. The van der Waals surface area contributed by atoms with E-state index in [0.29, 0.717) is 10.9 Å². The van der Waals surface area contributed by atoms with Crippen LogP contribution in [0.2, 0.25) is 4.34 Å². The summed E-state index contributed by atoms with van der Waals surface area (Å²) in [6.07, 6.45) is 3.42. The largest absolute Gasteiger partial charge is 0.364 e. The summed E-state index contributed by atoms with van der Waals surface area (Å²) in [5.74, 6) is 0.151. The summed E-state index contributed by atoms with van der Waals surface area (Å²) >= 11 is 7.27. The van der Waals surface area contributed by atoms with Crippen molar-refractivity contribution in [1.82, 2.24) is 0 Å². The number of thiophene rings is 1. The molecular formula is C16H16ClNOS. The van der Waals surface area contributed by atoms with Crippen molar-refractivity contribution >= 4 is 34.4 Å². The van der Waals surface area contributed by atoms with Crippen molar-refractivity contribution in [3.05, 3.63) is 51.2 Å². The normalized spacial score (nSPS) is 14.8. The highest BCUT2D eigenvalue weighted by Crippen LogP contribution is 2.27. The summed E-state index contributed by atoms with van der Waals surface area (Å²) in [7, 11) is 0. The highest BCUT2D eigenvalue weighted by atomic mass is 35.5. The molecule has 0 N–H and O–H groups in total. The van der Waals surface area contributed by atoms with Crippen LogP contribution in [0.1, 0.15) is 28.1 Å². The van der Waals surface area contributed by atoms with Crippen LogP contribution in [0, 0.1) is 0 Å². The molecule has 104 valence electrons. The summed E-state index contributed by atoms with van der Waals surface area (Å²) in [5.41, 5.74) is 2.56. The van der Waals surface area contributed by atoms with Gasteiger partial charge in [-0.3, -0.25) is 4.79 Å². The van der Waals surface area contributed by atoms with Crippen LogP contribution in [-0.4, -0.2) is 18.9 Å². The quantitative estimate of drug-likeness (QED) is 0.782. The fourth-order valence-electron chi connectivity index (χ4n) is 2.65. The summed E-state index contributed by atoms with van der Waals surface area (Å²) in [6.45, 7) is 1.38. The van der Waals surface area contributed by atoms with Gasteiger partial charge in [-0.25, -0.2) is 0 Å². The average Bonchev–Trinajstić information content (AvgIpc) is 2.79. The van der Waals surface area contributed by atoms with E-state index in [9.17, 15) is 4.79 Å².